The molecule has 0 aliphatic carbocycles. The fourth-order valence-electron chi connectivity index (χ4n) is 3.02. The van der Waals surface area contributed by atoms with Gasteiger partial charge >= 0.3 is 0 Å². The lowest BCUT2D eigenvalue weighted by Crippen LogP contribution is -2.44. The minimum atomic E-state index is -0.596. The molecule has 2 heterocycles. The van der Waals surface area contributed by atoms with Crippen LogP contribution in [0.4, 0.5) is 0 Å². The van der Waals surface area contributed by atoms with E-state index in [0.717, 1.165) is 43.4 Å². The molecule has 1 amide bonds. The van der Waals surface area contributed by atoms with Crippen molar-refractivity contribution in [1.82, 2.24) is 14.8 Å². The number of amides is 1. The number of carbonyl (C=O) groups excluding carboxylic acids is 1. The van der Waals surface area contributed by atoms with Crippen molar-refractivity contribution in [3.05, 3.63) is 52.5 Å². The van der Waals surface area contributed by atoms with E-state index in [9.17, 15) is 4.79 Å². The van der Waals surface area contributed by atoms with Crippen LogP contribution in [-0.4, -0.2) is 67.2 Å². The van der Waals surface area contributed by atoms with Gasteiger partial charge in [0, 0.05) is 44.9 Å². The van der Waals surface area contributed by atoms with Crippen LogP contribution in [0.25, 0.3) is 0 Å². The van der Waals surface area contributed by atoms with E-state index in [1.807, 2.05) is 40.6 Å². The zero-order valence-corrected chi connectivity index (χ0v) is 15.9. The van der Waals surface area contributed by atoms with Crippen molar-refractivity contribution in [1.29, 1.82) is 0 Å². The van der Waals surface area contributed by atoms with Gasteiger partial charge in [0.2, 0.25) is 0 Å². The number of morpholine rings is 1. The van der Waals surface area contributed by atoms with Gasteiger partial charge in [-0.25, -0.2) is 4.98 Å². The molecule has 0 bridgehead atoms. The molecular formula is C19H25N3O3S. The van der Waals surface area contributed by atoms with E-state index in [2.05, 4.69) is 9.88 Å². The van der Waals surface area contributed by atoms with Crippen LogP contribution >= 0.6 is 11.3 Å². The Hall–Kier alpha value is -1.80. The molecule has 0 radical (unpaired) electrons. The molecular weight excluding hydrogens is 350 g/mol. The molecule has 1 fully saturated rings. The zero-order valence-electron chi connectivity index (χ0n) is 15.0. The van der Waals surface area contributed by atoms with Crippen molar-refractivity contribution in [3.63, 3.8) is 0 Å². The minimum absolute atomic E-state index is 0.0258. The summed E-state index contributed by atoms with van der Waals surface area (Å²) in [5, 5.41) is 2.87. The fraction of sp³-hybridized carbons (Fsp3) is 0.474. The van der Waals surface area contributed by atoms with Crippen molar-refractivity contribution >= 4 is 17.2 Å². The smallest absolute Gasteiger partial charge is 0.256 e. The fourth-order valence-corrected chi connectivity index (χ4v) is 3.65. The maximum Gasteiger partial charge on any atom is 0.256 e. The molecule has 7 heteroatoms. The summed E-state index contributed by atoms with van der Waals surface area (Å²) in [5.41, 5.74) is 0.871. The number of rotatable bonds is 8. The predicted octanol–water partition coefficient (Wildman–Crippen LogP) is 2.19. The molecule has 6 nitrogen and oxygen atoms in total. The molecule has 1 aromatic heterocycles. The van der Waals surface area contributed by atoms with E-state index < -0.39 is 6.10 Å². The first-order chi connectivity index (χ1) is 12.8. The van der Waals surface area contributed by atoms with Crippen LogP contribution in [0, 0.1) is 0 Å². The largest absolute Gasteiger partial charge is 0.379 e. The Morgan fingerprint density at radius 1 is 1.35 bits per heavy atom. The highest BCUT2D eigenvalue weighted by Gasteiger charge is 2.27. The summed E-state index contributed by atoms with van der Waals surface area (Å²) in [6, 6.07) is 9.64. The average Bonchev–Trinajstić information content (AvgIpc) is 3.20. The van der Waals surface area contributed by atoms with Gasteiger partial charge in [0.15, 0.2) is 6.10 Å². The third-order valence-electron chi connectivity index (χ3n) is 4.47. The van der Waals surface area contributed by atoms with Crippen molar-refractivity contribution in [2.24, 2.45) is 0 Å². The van der Waals surface area contributed by atoms with Crippen LogP contribution in [0.5, 0.6) is 0 Å². The summed E-state index contributed by atoms with van der Waals surface area (Å²) in [7, 11) is 1.58. The van der Waals surface area contributed by atoms with Crippen LogP contribution in [0.15, 0.2) is 41.9 Å². The monoisotopic (exact) mass is 375 g/mol. The number of nitrogens with zero attached hydrogens (tertiary/aromatic N) is 3. The highest BCUT2D eigenvalue weighted by molar-refractivity contribution is 7.09. The first-order valence-corrected chi connectivity index (χ1v) is 9.71. The van der Waals surface area contributed by atoms with E-state index in [-0.39, 0.29) is 5.91 Å². The molecule has 3 rings (SSSR count). The molecule has 2 aromatic rings. The van der Waals surface area contributed by atoms with E-state index in [0.29, 0.717) is 13.1 Å². The Labute approximate surface area is 158 Å². The SMILES string of the molecule is COC(C(=O)N(CCN1CCOCC1)Cc1nccs1)c1ccccc1. The van der Waals surface area contributed by atoms with Gasteiger partial charge < -0.3 is 14.4 Å². The van der Waals surface area contributed by atoms with Gasteiger partial charge in [-0.2, -0.15) is 0 Å². The molecule has 26 heavy (non-hydrogen) atoms. The van der Waals surface area contributed by atoms with E-state index in [1.54, 1.807) is 24.6 Å². The lowest BCUT2D eigenvalue weighted by molar-refractivity contribution is -0.143. The van der Waals surface area contributed by atoms with Crippen molar-refractivity contribution in [3.8, 4) is 0 Å². The normalized spacial score (nSPS) is 16.3. The summed E-state index contributed by atoms with van der Waals surface area (Å²) in [4.78, 5) is 21.7. The van der Waals surface area contributed by atoms with Crippen LogP contribution < -0.4 is 0 Å². The summed E-state index contributed by atoms with van der Waals surface area (Å²) < 4.78 is 11.0. The lowest BCUT2D eigenvalue weighted by atomic mass is 10.1. The van der Waals surface area contributed by atoms with Crippen molar-refractivity contribution in [2.75, 3.05) is 46.5 Å². The van der Waals surface area contributed by atoms with Gasteiger partial charge in [-0.15, -0.1) is 11.3 Å². The predicted molar refractivity (Wildman–Crippen MR) is 101 cm³/mol. The third-order valence-corrected chi connectivity index (χ3v) is 5.24. The maximum absolute atomic E-state index is 13.2. The number of hydrogen-bond donors (Lipinski definition) is 0. The minimum Gasteiger partial charge on any atom is -0.379 e. The van der Waals surface area contributed by atoms with Gasteiger partial charge in [0.25, 0.3) is 5.91 Å². The first kappa shape index (κ1) is 19.0. The van der Waals surface area contributed by atoms with Crippen LogP contribution in [0.2, 0.25) is 0 Å². The summed E-state index contributed by atoms with van der Waals surface area (Å²) in [6.07, 6.45) is 1.18. The zero-order chi connectivity index (χ0) is 18.2. The Bertz CT molecular complexity index is 660. The number of benzene rings is 1. The third kappa shape index (κ3) is 5.11. The van der Waals surface area contributed by atoms with Crippen LogP contribution in [0.1, 0.15) is 16.7 Å². The molecule has 0 saturated carbocycles. The number of methoxy groups -OCH3 is 1. The molecule has 0 spiro atoms. The van der Waals surface area contributed by atoms with Gasteiger partial charge in [0.1, 0.15) is 5.01 Å². The molecule has 1 aliphatic heterocycles. The highest BCUT2D eigenvalue weighted by atomic mass is 32.1. The van der Waals surface area contributed by atoms with Crippen molar-refractivity contribution < 1.29 is 14.3 Å². The lowest BCUT2D eigenvalue weighted by Gasteiger charge is -2.31. The van der Waals surface area contributed by atoms with E-state index >= 15 is 0 Å². The number of ether oxygens (including phenoxy) is 2. The van der Waals surface area contributed by atoms with Gasteiger partial charge in [-0.1, -0.05) is 30.3 Å². The van der Waals surface area contributed by atoms with Crippen molar-refractivity contribution in [2.45, 2.75) is 12.6 Å². The van der Waals surface area contributed by atoms with E-state index in [4.69, 9.17) is 9.47 Å². The standard InChI is InChI=1S/C19H25N3O3S/c1-24-18(16-5-3-2-4-6-16)19(23)22(15-17-20-7-14-26-17)9-8-21-10-12-25-13-11-21/h2-7,14,18H,8-13,15H2,1H3. The molecule has 1 aliphatic rings. The summed E-state index contributed by atoms with van der Waals surface area (Å²) in [6.45, 7) is 5.30. The molecule has 0 N–H and O–H groups in total. The molecule has 1 unspecified atom stereocenters. The molecule has 140 valence electrons. The quantitative estimate of drug-likeness (QED) is 0.708. The van der Waals surface area contributed by atoms with Gasteiger partial charge in [-0.05, 0) is 5.56 Å². The molecule has 1 aromatic carbocycles. The Balaban J connectivity index is 1.71. The van der Waals surface area contributed by atoms with Crippen LogP contribution in [-0.2, 0) is 20.8 Å². The Kier molecular flexibility index (Phi) is 7.13. The summed E-state index contributed by atoms with van der Waals surface area (Å²) in [5.74, 6) is -0.0258. The maximum atomic E-state index is 13.2. The highest BCUT2D eigenvalue weighted by Crippen LogP contribution is 2.21. The summed E-state index contributed by atoms with van der Waals surface area (Å²) >= 11 is 1.57. The number of aromatic nitrogens is 1. The second-order valence-electron chi connectivity index (χ2n) is 6.17. The topological polar surface area (TPSA) is 54.9 Å². The molecule has 1 saturated heterocycles. The van der Waals surface area contributed by atoms with Crippen LogP contribution in [0.3, 0.4) is 0 Å². The Morgan fingerprint density at radius 3 is 2.77 bits per heavy atom. The van der Waals surface area contributed by atoms with Gasteiger partial charge in [-0.3, -0.25) is 9.69 Å². The second kappa shape index (κ2) is 9.78. The number of carbonyl (C=O) groups is 1. The average molecular weight is 375 g/mol. The second-order valence-corrected chi connectivity index (χ2v) is 7.15. The number of thiazole rings is 1. The number of hydrogen-bond acceptors (Lipinski definition) is 6. The Morgan fingerprint density at radius 2 is 2.12 bits per heavy atom. The first-order valence-electron chi connectivity index (χ1n) is 8.83. The van der Waals surface area contributed by atoms with Gasteiger partial charge in [0.05, 0.1) is 19.8 Å². The van der Waals surface area contributed by atoms with E-state index in [1.165, 1.54) is 0 Å². The molecule has 1 atom stereocenters.